The van der Waals surface area contributed by atoms with Gasteiger partial charge in [0.25, 0.3) is 5.69 Å². The lowest BCUT2D eigenvalue weighted by Crippen LogP contribution is -2.39. The normalized spacial score (nSPS) is 15.3. The number of nitro groups is 1. The second-order valence-electron chi connectivity index (χ2n) is 6.14. The Kier molecular flexibility index (Phi) is 5.73. The Bertz CT molecular complexity index is 819. The maximum Gasteiger partial charge on any atom is 0.269 e. The van der Waals surface area contributed by atoms with E-state index >= 15 is 0 Å². The summed E-state index contributed by atoms with van der Waals surface area (Å²) in [5.74, 6) is 0.0942. The number of hydrogen-bond donors (Lipinski definition) is 0. The van der Waals surface area contributed by atoms with Gasteiger partial charge in [-0.1, -0.05) is 36.4 Å². The highest BCUT2D eigenvalue weighted by molar-refractivity contribution is 8.00. The zero-order chi connectivity index (χ0) is 18.5. The summed E-state index contributed by atoms with van der Waals surface area (Å²) < 4.78 is 0. The van der Waals surface area contributed by atoms with Gasteiger partial charge in [0.2, 0.25) is 5.91 Å². The van der Waals surface area contributed by atoms with Gasteiger partial charge in [-0.3, -0.25) is 14.9 Å². The van der Waals surface area contributed by atoms with E-state index in [0.29, 0.717) is 13.1 Å². The monoisotopic (exact) mass is 368 g/mol. The summed E-state index contributed by atoms with van der Waals surface area (Å²) in [5.41, 5.74) is 2.56. The maximum atomic E-state index is 12.7. The molecule has 0 bridgehead atoms. The smallest absolute Gasteiger partial charge is 0.269 e. The molecular weight excluding hydrogens is 348 g/mol. The summed E-state index contributed by atoms with van der Waals surface area (Å²) in [6, 6.07) is 16.6. The Morgan fingerprint density at radius 1 is 1.15 bits per heavy atom. The summed E-state index contributed by atoms with van der Waals surface area (Å²) in [5, 5.41) is 10.5. The minimum atomic E-state index is -0.423. The number of amides is 1. The molecule has 0 aromatic heterocycles. The standard InChI is InChI=1S/C20H20N2O3S/c1-15(26-19-9-7-18(8-10-19)22(24)25)20(23)21-13-11-17(12-14-21)16-5-3-2-4-6-16/h2-11,15H,12-14H2,1H3. The Balaban J connectivity index is 1.59. The van der Waals surface area contributed by atoms with Crippen molar-refractivity contribution >= 4 is 28.9 Å². The van der Waals surface area contributed by atoms with Gasteiger partial charge in [0.15, 0.2) is 0 Å². The van der Waals surface area contributed by atoms with Gasteiger partial charge in [0.05, 0.1) is 10.2 Å². The largest absolute Gasteiger partial charge is 0.338 e. The topological polar surface area (TPSA) is 63.5 Å². The Morgan fingerprint density at radius 2 is 1.85 bits per heavy atom. The fourth-order valence-corrected chi connectivity index (χ4v) is 3.89. The van der Waals surface area contributed by atoms with Gasteiger partial charge in [-0.05, 0) is 36.6 Å². The van der Waals surface area contributed by atoms with Crippen molar-refractivity contribution in [2.75, 3.05) is 13.1 Å². The van der Waals surface area contributed by atoms with Crippen LogP contribution in [0.1, 0.15) is 18.9 Å². The van der Waals surface area contributed by atoms with Gasteiger partial charge in [-0.2, -0.15) is 0 Å². The van der Waals surface area contributed by atoms with Crippen LogP contribution in [0.25, 0.3) is 5.57 Å². The molecule has 0 saturated carbocycles. The predicted octanol–water partition coefficient (Wildman–Crippen LogP) is 4.39. The summed E-state index contributed by atoms with van der Waals surface area (Å²) >= 11 is 1.43. The molecule has 2 aromatic rings. The molecule has 2 aromatic carbocycles. The summed E-state index contributed by atoms with van der Waals surface area (Å²) in [7, 11) is 0. The predicted molar refractivity (Wildman–Crippen MR) is 104 cm³/mol. The van der Waals surface area contributed by atoms with Crippen LogP contribution in [0, 0.1) is 10.1 Å². The summed E-state index contributed by atoms with van der Waals surface area (Å²) in [6.45, 7) is 3.21. The van der Waals surface area contributed by atoms with Gasteiger partial charge in [0.1, 0.15) is 0 Å². The fourth-order valence-electron chi connectivity index (χ4n) is 2.94. The number of carbonyl (C=O) groups excluding carboxylic acids is 1. The molecule has 0 radical (unpaired) electrons. The Hall–Kier alpha value is -2.60. The van der Waals surface area contributed by atoms with Crippen LogP contribution < -0.4 is 0 Å². The highest BCUT2D eigenvalue weighted by atomic mass is 32.2. The SMILES string of the molecule is CC(Sc1ccc([N+](=O)[O-])cc1)C(=O)N1CC=C(c2ccccc2)CC1. The Morgan fingerprint density at radius 3 is 2.42 bits per heavy atom. The number of benzene rings is 2. The third-order valence-electron chi connectivity index (χ3n) is 4.37. The molecule has 0 fully saturated rings. The van der Waals surface area contributed by atoms with Crippen molar-refractivity contribution < 1.29 is 9.72 Å². The van der Waals surface area contributed by atoms with Crippen molar-refractivity contribution in [2.45, 2.75) is 23.5 Å². The van der Waals surface area contributed by atoms with Crippen LogP contribution in [-0.4, -0.2) is 34.1 Å². The van der Waals surface area contributed by atoms with Crippen molar-refractivity contribution in [1.82, 2.24) is 4.90 Å². The van der Waals surface area contributed by atoms with E-state index in [1.165, 1.54) is 35.0 Å². The Labute approximate surface area is 156 Å². The van der Waals surface area contributed by atoms with Crippen LogP contribution in [0.2, 0.25) is 0 Å². The fraction of sp³-hybridized carbons (Fsp3) is 0.250. The molecule has 5 nitrogen and oxygen atoms in total. The van der Waals surface area contributed by atoms with Gasteiger partial charge in [-0.25, -0.2) is 0 Å². The molecule has 0 aliphatic carbocycles. The molecule has 1 heterocycles. The number of hydrogen-bond acceptors (Lipinski definition) is 4. The van der Waals surface area contributed by atoms with E-state index in [1.54, 1.807) is 12.1 Å². The number of carbonyl (C=O) groups is 1. The van der Waals surface area contributed by atoms with Gasteiger partial charge in [0, 0.05) is 30.1 Å². The lowest BCUT2D eigenvalue weighted by molar-refractivity contribution is -0.384. The lowest BCUT2D eigenvalue weighted by atomic mass is 9.99. The third kappa shape index (κ3) is 4.32. The molecule has 6 heteroatoms. The lowest BCUT2D eigenvalue weighted by Gasteiger charge is -2.29. The highest BCUT2D eigenvalue weighted by Crippen LogP contribution is 2.28. The zero-order valence-corrected chi connectivity index (χ0v) is 15.3. The summed E-state index contributed by atoms with van der Waals surface area (Å²) in [4.78, 5) is 25.7. The number of thioether (sulfide) groups is 1. The average Bonchev–Trinajstić information content (AvgIpc) is 2.68. The molecule has 1 amide bonds. The first kappa shape index (κ1) is 18.2. The molecule has 1 unspecified atom stereocenters. The quantitative estimate of drug-likeness (QED) is 0.446. The van der Waals surface area contributed by atoms with Crippen molar-refractivity contribution in [2.24, 2.45) is 0 Å². The molecule has 3 rings (SSSR count). The second kappa shape index (κ2) is 8.19. The van der Waals surface area contributed by atoms with E-state index in [2.05, 4.69) is 18.2 Å². The first-order valence-electron chi connectivity index (χ1n) is 8.49. The first-order chi connectivity index (χ1) is 12.5. The number of non-ortho nitro benzene ring substituents is 1. The number of nitrogens with zero attached hydrogens (tertiary/aromatic N) is 2. The number of rotatable bonds is 5. The van der Waals surface area contributed by atoms with Gasteiger partial charge in [-0.15, -0.1) is 11.8 Å². The van der Waals surface area contributed by atoms with Crippen molar-refractivity contribution in [3.05, 3.63) is 76.4 Å². The molecule has 1 aliphatic rings. The van der Waals surface area contributed by atoms with Crippen molar-refractivity contribution in [3.8, 4) is 0 Å². The van der Waals surface area contributed by atoms with Crippen LogP contribution >= 0.6 is 11.8 Å². The minimum Gasteiger partial charge on any atom is -0.338 e. The van der Waals surface area contributed by atoms with Crippen LogP contribution in [0.15, 0.2) is 65.6 Å². The number of nitro benzene ring substituents is 1. The molecule has 1 atom stereocenters. The molecule has 0 N–H and O–H groups in total. The highest BCUT2D eigenvalue weighted by Gasteiger charge is 2.23. The second-order valence-corrected chi connectivity index (χ2v) is 7.55. The first-order valence-corrected chi connectivity index (χ1v) is 9.37. The van der Waals surface area contributed by atoms with Crippen LogP contribution in [0.3, 0.4) is 0 Å². The van der Waals surface area contributed by atoms with E-state index in [4.69, 9.17) is 0 Å². The van der Waals surface area contributed by atoms with Gasteiger partial charge >= 0.3 is 0 Å². The molecule has 134 valence electrons. The zero-order valence-electron chi connectivity index (χ0n) is 14.5. The molecule has 26 heavy (non-hydrogen) atoms. The molecule has 0 saturated heterocycles. The van der Waals surface area contributed by atoms with Crippen LogP contribution in [0.4, 0.5) is 5.69 Å². The van der Waals surface area contributed by atoms with E-state index in [0.717, 1.165) is 11.3 Å². The minimum absolute atomic E-state index is 0.0583. The maximum absolute atomic E-state index is 12.7. The third-order valence-corrected chi connectivity index (χ3v) is 5.47. The molecule has 1 aliphatic heterocycles. The van der Waals surface area contributed by atoms with Crippen LogP contribution in [0.5, 0.6) is 0 Å². The van der Waals surface area contributed by atoms with Crippen molar-refractivity contribution in [3.63, 3.8) is 0 Å². The average molecular weight is 368 g/mol. The van der Waals surface area contributed by atoms with E-state index in [9.17, 15) is 14.9 Å². The van der Waals surface area contributed by atoms with Crippen LogP contribution in [-0.2, 0) is 4.79 Å². The van der Waals surface area contributed by atoms with E-state index < -0.39 is 4.92 Å². The summed E-state index contributed by atoms with van der Waals surface area (Å²) in [6.07, 6.45) is 2.98. The molecule has 0 spiro atoms. The molecular formula is C20H20N2O3S. The van der Waals surface area contributed by atoms with E-state index in [-0.39, 0.29) is 16.8 Å². The van der Waals surface area contributed by atoms with Gasteiger partial charge < -0.3 is 4.90 Å². The van der Waals surface area contributed by atoms with E-state index in [1.807, 2.05) is 30.0 Å². The van der Waals surface area contributed by atoms with Crippen molar-refractivity contribution in [1.29, 1.82) is 0 Å².